The highest BCUT2D eigenvalue weighted by atomic mass is 35.5. The summed E-state index contributed by atoms with van der Waals surface area (Å²) in [6.07, 6.45) is 0.670. The number of amides is 1. The standard InChI is InChI=1S/C14H19ClN2O3/c1-14(2,3)12(8-9-15)16-13(18)10-4-6-11(7-5-10)17(19)20/h4-7,12H,8-9H2,1-3H3,(H,16,18). The van der Waals surface area contributed by atoms with Gasteiger partial charge < -0.3 is 5.32 Å². The second-order valence-corrected chi connectivity index (χ2v) is 6.05. The van der Waals surface area contributed by atoms with Gasteiger partial charge in [0.05, 0.1) is 4.92 Å². The van der Waals surface area contributed by atoms with Crippen LogP contribution in [0, 0.1) is 15.5 Å². The Morgan fingerprint density at radius 1 is 1.35 bits per heavy atom. The van der Waals surface area contributed by atoms with Crippen molar-refractivity contribution in [2.24, 2.45) is 5.41 Å². The molecule has 0 fully saturated rings. The molecule has 0 aliphatic rings. The molecule has 0 bridgehead atoms. The van der Waals surface area contributed by atoms with Gasteiger partial charge in [-0.15, -0.1) is 11.6 Å². The molecule has 1 aromatic carbocycles. The maximum atomic E-state index is 12.1. The minimum absolute atomic E-state index is 0.0327. The largest absolute Gasteiger partial charge is 0.349 e. The summed E-state index contributed by atoms with van der Waals surface area (Å²) in [5, 5.41) is 13.5. The predicted molar refractivity (Wildman–Crippen MR) is 79.1 cm³/mol. The van der Waals surface area contributed by atoms with Crippen LogP contribution in [0.5, 0.6) is 0 Å². The molecule has 0 heterocycles. The molecule has 0 spiro atoms. The van der Waals surface area contributed by atoms with Crippen molar-refractivity contribution in [3.63, 3.8) is 0 Å². The first-order valence-corrected chi connectivity index (χ1v) is 6.90. The molecule has 5 nitrogen and oxygen atoms in total. The lowest BCUT2D eigenvalue weighted by atomic mass is 9.85. The molecule has 6 heteroatoms. The lowest BCUT2D eigenvalue weighted by Crippen LogP contribution is -2.44. The third kappa shape index (κ3) is 4.49. The van der Waals surface area contributed by atoms with Crippen molar-refractivity contribution in [3.05, 3.63) is 39.9 Å². The van der Waals surface area contributed by atoms with Crippen LogP contribution in [0.15, 0.2) is 24.3 Å². The fourth-order valence-electron chi connectivity index (χ4n) is 1.81. The molecule has 0 aromatic heterocycles. The van der Waals surface area contributed by atoms with E-state index in [-0.39, 0.29) is 23.1 Å². The van der Waals surface area contributed by atoms with E-state index in [9.17, 15) is 14.9 Å². The molecule has 1 N–H and O–H groups in total. The summed E-state index contributed by atoms with van der Waals surface area (Å²) in [6, 6.07) is 5.50. The number of alkyl halides is 1. The molecule has 0 saturated carbocycles. The summed E-state index contributed by atoms with van der Waals surface area (Å²) < 4.78 is 0. The van der Waals surface area contributed by atoms with Gasteiger partial charge in [-0.3, -0.25) is 14.9 Å². The second-order valence-electron chi connectivity index (χ2n) is 5.67. The summed E-state index contributed by atoms with van der Waals surface area (Å²) >= 11 is 5.76. The van der Waals surface area contributed by atoms with Crippen LogP contribution < -0.4 is 5.32 Å². The van der Waals surface area contributed by atoms with E-state index in [1.165, 1.54) is 24.3 Å². The quantitative estimate of drug-likeness (QED) is 0.514. The first-order valence-electron chi connectivity index (χ1n) is 6.37. The summed E-state index contributed by atoms with van der Waals surface area (Å²) in [5.41, 5.74) is 0.264. The van der Waals surface area contributed by atoms with Crippen molar-refractivity contribution in [3.8, 4) is 0 Å². The van der Waals surface area contributed by atoms with Gasteiger partial charge in [-0.25, -0.2) is 0 Å². The molecule has 110 valence electrons. The highest BCUT2D eigenvalue weighted by Crippen LogP contribution is 2.23. The average Bonchev–Trinajstić information content (AvgIpc) is 2.37. The molecule has 0 radical (unpaired) electrons. The van der Waals surface area contributed by atoms with E-state index >= 15 is 0 Å². The number of rotatable bonds is 5. The number of hydrogen-bond acceptors (Lipinski definition) is 3. The van der Waals surface area contributed by atoms with Gasteiger partial charge in [0.25, 0.3) is 11.6 Å². The normalized spacial score (nSPS) is 12.8. The molecule has 0 aliphatic heterocycles. The van der Waals surface area contributed by atoms with Crippen LogP contribution in [0.1, 0.15) is 37.6 Å². The van der Waals surface area contributed by atoms with Gasteiger partial charge in [-0.05, 0) is 24.0 Å². The van der Waals surface area contributed by atoms with E-state index in [4.69, 9.17) is 11.6 Å². The summed E-state index contributed by atoms with van der Waals surface area (Å²) in [5.74, 6) is 0.215. The molecule has 0 saturated heterocycles. The summed E-state index contributed by atoms with van der Waals surface area (Å²) in [6.45, 7) is 6.08. The van der Waals surface area contributed by atoms with Gasteiger partial charge >= 0.3 is 0 Å². The fraction of sp³-hybridized carbons (Fsp3) is 0.500. The predicted octanol–water partition coefficient (Wildman–Crippen LogP) is 3.37. The van der Waals surface area contributed by atoms with Crippen LogP contribution in [0.25, 0.3) is 0 Å². The van der Waals surface area contributed by atoms with E-state index in [0.29, 0.717) is 17.9 Å². The Balaban J connectivity index is 2.81. The van der Waals surface area contributed by atoms with E-state index in [2.05, 4.69) is 5.32 Å². The molecule has 1 unspecified atom stereocenters. The number of nitrogens with one attached hydrogen (secondary N) is 1. The first kappa shape index (κ1) is 16.4. The summed E-state index contributed by atoms with van der Waals surface area (Å²) in [4.78, 5) is 22.2. The zero-order valence-electron chi connectivity index (χ0n) is 11.9. The minimum atomic E-state index is -0.493. The van der Waals surface area contributed by atoms with Crippen LogP contribution in [-0.2, 0) is 0 Å². The van der Waals surface area contributed by atoms with Crippen molar-refractivity contribution in [1.82, 2.24) is 5.32 Å². The third-order valence-electron chi connectivity index (χ3n) is 3.09. The average molecular weight is 299 g/mol. The van der Waals surface area contributed by atoms with Crippen molar-refractivity contribution >= 4 is 23.2 Å². The molecule has 0 aliphatic carbocycles. The highest BCUT2D eigenvalue weighted by molar-refractivity contribution is 6.17. The van der Waals surface area contributed by atoms with E-state index < -0.39 is 4.92 Å². The fourth-order valence-corrected chi connectivity index (χ4v) is 2.03. The Labute approximate surface area is 123 Å². The number of carbonyl (C=O) groups is 1. The van der Waals surface area contributed by atoms with Crippen LogP contribution in [-0.4, -0.2) is 22.8 Å². The number of halogens is 1. The van der Waals surface area contributed by atoms with Crippen molar-refractivity contribution < 1.29 is 9.72 Å². The molecule has 1 aromatic rings. The molecule has 1 amide bonds. The lowest BCUT2D eigenvalue weighted by Gasteiger charge is -2.31. The Bertz CT molecular complexity index is 480. The topological polar surface area (TPSA) is 72.2 Å². The lowest BCUT2D eigenvalue weighted by molar-refractivity contribution is -0.384. The Morgan fingerprint density at radius 3 is 2.30 bits per heavy atom. The maximum Gasteiger partial charge on any atom is 0.269 e. The molecular weight excluding hydrogens is 280 g/mol. The second kappa shape index (κ2) is 6.70. The van der Waals surface area contributed by atoms with E-state index in [0.717, 1.165) is 0 Å². The number of carbonyl (C=O) groups excluding carboxylic acids is 1. The smallest absolute Gasteiger partial charge is 0.269 e. The molecule has 1 rings (SSSR count). The zero-order chi connectivity index (χ0) is 15.3. The van der Waals surface area contributed by atoms with Gasteiger partial charge in [0.2, 0.25) is 0 Å². The van der Waals surface area contributed by atoms with Gasteiger partial charge in [0.1, 0.15) is 0 Å². The van der Waals surface area contributed by atoms with Crippen LogP contribution in [0.2, 0.25) is 0 Å². The first-order chi connectivity index (χ1) is 9.25. The monoisotopic (exact) mass is 298 g/mol. The minimum Gasteiger partial charge on any atom is -0.349 e. The number of hydrogen-bond donors (Lipinski definition) is 1. The number of nitrogens with zero attached hydrogens (tertiary/aromatic N) is 1. The van der Waals surface area contributed by atoms with Crippen molar-refractivity contribution in [2.75, 3.05) is 5.88 Å². The summed E-state index contributed by atoms with van der Waals surface area (Å²) in [7, 11) is 0. The Morgan fingerprint density at radius 2 is 1.90 bits per heavy atom. The van der Waals surface area contributed by atoms with Gasteiger partial charge in [-0.1, -0.05) is 20.8 Å². The molecular formula is C14H19ClN2O3. The number of nitro groups is 1. The van der Waals surface area contributed by atoms with Crippen molar-refractivity contribution in [2.45, 2.75) is 33.2 Å². The molecule has 1 atom stereocenters. The number of nitro benzene ring substituents is 1. The maximum absolute atomic E-state index is 12.1. The van der Waals surface area contributed by atoms with E-state index in [1.54, 1.807) is 0 Å². The Hall–Kier alpha value is -1.62. The van der Waals surface area contributed by atoms with Gasteiger partial charge in [0, 0.05) is 29.6 Å². The number of non-ortho nitro benzene ring substituents is 1. The highest BCUT2D eigenvalue weighted by Gasteiger charge is 2.26. The molecule has 20 heavy (non-hydrogen) atoms. The van der Waals surface area contributed by atoms with Gasteiger partial charge in [0.15, 0.2) is 0 Å². The third-order valence-corrected chi connectivity index (χ3v) is 3.31. The number of benzene rings is 1. The Kier molecular flexibility index (Phi) is 5.51. The van der Waals surface area contributed by atoms with Gasteiger partial charge in [-0.2, -0.15) is 0 Å². The zero-order valence-corrected chi connectivity index (χ0v) is 12.6. The van der Waals surface area contributed by atoms with E-state index in [1.807, 2.05) is 20.8 Å². The van der Waals surface area contributed by atoms with Crippen LogP contribution in [0.3, 0.4) is 0 Å². The van der Waals surface area contributed by atoms with Crippen molar-refractivity contribution in [1.29, 1.82) is 0 Å². The van der Waals surface area contributed by atoms with Crippen LogP contribution in [0.4, 0.5) is 5.69 Å². The SMILES string of the molecule is CC(C)(C)C(CCCl)NC(=O)c1ccc([N+](=O)[O-])cc1. The van der Waals surface area contributed by atoms with Crippen LogP contribution >= 0.6 is 11.6 Å².